The first-order valence-corrected chi connectivity index (χ1v) is 2.63. The normalized spacial score (nSPS) is 13.4. The van der Waals surface area contributed by atoms with Gasteiger partial charge in [0, 0.05) is 0 Å². The first kappa shape index (κ1) is 16.6. The van der Waals surface area contributed by atoms with Gasteiger partial charge in [0.1, 0.15) is 0 Å². The Labute approximate surface area is 75.0 Å². The van der Waals surface area contributed by atoms with Gasteiger partial charge < -0.3 is 9.41 Å². The van der Waals surface area contributed by atoms with Crippen LogP contribution in [-0.4, -0.2) is 0 Å². The van der Waals surface area contributed by atoms with E-state index >= 15 is 0 Å². The maximum absolute atomic E-state index is 2.20. The quantitative estimate of drug-likeness (QED) is 0.336. The maximum Gasteiger partial charge on any atom is 2.00 e. The second kappa shape index (κ2) is 7.16. The van der Waals surface area contributed by atoms with Gasteiger partial charge in [0.15, 0.2) is 0 Å². The largest absolute Gasteiger partial charge is 2.00 e. The van der Waals surface area contributed by atoms with Crippen LogP contribution >= 0.6 is 0 Å². The summed E-state index contributed by atoms with van der Waals surface area (Å²) in [7, 11) is 0. The van der Waals surface area contributed by atoms with E-state index in [0.29, 0.717) is 0 Å². The molecule has 0 aromatic carbocycles. The van der Waals surface area contributed by atoms with Crippen LogP contribution in [-0.2, 0) is 21.7 Å². The van der Waals surface area contributed by atoms with E-state index in [1.807, 2.05) is 0 Å². The Kier molecular flexibility index (Phi) is 11.9. The second-order valence-electron chi connectivity index (χ2n) is 2.07. The minimum absolute atomic E-state index is 0. The molecular formula is C7H10F2Ti. The smallest absolute Gasteiger partial charge is 1.00 e. The molecule has 0 nitrogen and oxygen atoms in total. The molecule has 0 aromatic heterocycles. The predicted molar refractivity (Wildman–Crippen MR) is 32.1 cm³/mol. The van der Waals surface area contributed by atoms with E-state index in [2.05, 4.69) is 26.0 Å². The van der Waals surface area contributed by atoms with E-state index in [4.69, 9.17) is 0 Å². The van der Waals surface area contributed by atoms with Crippen molar-refractivity contribution in [2.45, 2.75) is 20.3 Å². The zero-order chi connectivity index (χ0) is 5.28. The standard InChI is InChI=1S/C7H10.2FH.Ti/c1-6-4-3-5-7(6)2;;;/h3-4H,5H2,1-2H3;2*1H;/q;;;+2/p-2. The molecule has 10 heavy (non-hydrogen) atoms. The van der Waals surface area contributed by atoms with Crippen molar-refractivity contribution < 1.29 is 31.1 Å². The van der Waals surface area contributed by atoms with Gasteiger partial charge in [-0.15, -0.1) is 0 Å². The first-order chi connectivity index (χ1) is 3.30. The molecular weight excluding hydrogens is 170 g/mol. The zero-order valence-electron chi connectivity index (χ0n) is 6.12. The van der Waals surface area contributed by atoms with E-state index in [0.717, 1.165) is 0 Å². The number of halogens is 2. The number of allylic oxidation sites excluding steroid dienone is 4. The molecule has 1 aliphatic carbocycles. The Bertz CT molecular complexity index is 139. The van der Waals surface area contributed by atoms with Gasteiger partial charge in [-0.1, -0.05) is 23.3 Å². The number of hydrogen-bond acceptors (Lipinski definition) is 0. The second-order valence-corrected chi connectivity index (χ2v) is 2.07. The van der Waals surface area contributed by atoms with E-state index in [1.54, 1.807) is 0 Å². The Morgan fingerprint density at radius 2 is 1.70 bits per heavy atom. The molecule has 0 fully saturated rings. The van der Waals surface area contributed by atoms with Crippen LogP contribution in [0.15, 0.2) is 23.3 Å². The van der Waals surface area contributed by atoms with E-state index in [9.17, 15) is 0 Å². The molecule has 0 saturated carbocycles. The summed E-state index contributed by atoms with van der Waals surface area (Å²) in [6.45, 7) is 4.33. The number of hydrogen-bond donors (Lipinski definition) is 0. The molecule has 0 radical (unpaired) electrons. The third-order valence-corrected chi connectivity index (χ3v) is 1.47. The summed E-state index contributed by atoms with van der Waals surface area (Å²) in [5.74, 6) is 0. The van der Waals surface area contributed by atoms with Crippen LogP contribution in [0.1, 0.15) is 20.3 Å². The summed E-state index contributed by atoms with van der Waals surface area (Å²) < 4.78 is 0. The minimum atomic E-state index is 0. The molecule has 0 aliphatic heterocycles. The summed E-state index contributed by atoms with van der Waals surface area (Å²) >= 11 is 0. The monoisotopic (exact) mass is 180 g/mol. The van der Waals surface area contributed by atoms with Gasteiger partial charge in [0.2, 0.25) is 0 Å². The Hall–Kier alpha value is 0.0543. The number of rotatable bonds is 0. The van der Waals surface area contributed by atoms with Crippen molar-refractivity contribution in [1.82, 2.24) is 0 Å². The Balaban J connectivity index is -0.000000163. The van der Waals surface area contributed by atoms with Crippen LogP contribution < -0.4 is 9.41 Å². The SMILES string of the molecule is CC1=C(C)CC=C1.[F-].[F-].[Ti+2]. The van der Waals surface area contributed by atoms with Crippen molar-refractivity contribution in [2.24, 2.45) is 0 Å². The van der Waals surface area contributed by atoms with E-state index in [-0.39, 0.29) is 31.1 Å². The van der Waals surface area contributed by atoms with Crippen molar-refractivity contribution in [1.29, 1.82) is 0 Å². The van der Waals surface area contributed by atoms with Crippen LogP contribution in [0.3, 0.4) is 0 Å². The fourth-order valence-corrected chi connectivity index (χ4v) is 0.716. The van der Waals surface area contributed by atoms with Crippen molar-refractivity contribution in [3.63, 3.8) is 0 Å². The van der Waals surface area contributed by atoms with Crippen molar-refractivity contribution >= 4 is 0 Å². The van der Waals surface area contributed by atoms with Crippen molar-refractivity contribution in [3.05, 3.63) is 23.3 Å². The molecule has 0 amide bonds. The zero-order valence-corrected chi connectivity index (χ0v) is 7.68. The van der Waals surface area contributed by atoms with Gasteiger partial charge in [-0.3, -0.25) is 0 Å². The van der Waals surface area contributed by atoms with Crippen LogP contribution in [0.5, 0.6) is 0 Å². The molecule has 0 bridgehead atoms. The molecule has 0 saturated heterocycles. The molecule has 1 aliphatic rings. The van der Waals surface area contributed by atoms with Crippen LogP contribution in [0, 0.1) is 0 Å². The fourth-order valence-electron chi connectivity index (χ4n) is 0.716. The van der Waals surface area contributed by atoms with Gasteiger partial charge in [0.25, 0.3) is 0 Å². The third kappa shape index (κ3) is 3.96. The molecule has 0 spiro atoms. The average Bonchev–Trinajstić information content (AvgIpc) is 1.91. The molecule has 0 atom stereocenters. The van der Waals surface area contributed by atoms with Crippen LogP contribution in [0.4, 0.5) is 0 Å². The minimum Gasteiger partial charge on any atom is -1.00 e. The van der Waals surface area contributed by atoms with Crippen molar-refractivity contribution in [2.75, 3.05) is 0 Å². The van der Waals surface area contributed by atoms with Gasteiger partial charge in [0.05, 0.1) is 0 Å². The summed E-state index contributed by atoms with van der Waals surface area (Å²) in [5, 5.41) is 0. The Morgan fingerprint density at radius 1 is 1.20 bits per heavy atom. The summed E-state index contributed by atoms with van der Waals surface area (Å²) in [6.07, 6.45) is 5.55. The topological polar surface area (TPSA) is 0 Å². The van der Waals surface area contributed by atoms with Gasteiger partial charge >= 0.3 is 21.7 Å². The average molecular weight is 180 g/mol. The molecule has 1 rings (SSSR count). The fraction of sp³-hybridized carbons (Fsp3) is 0.429. The van der Waals surface area contributed by atoms with Crippen LogP contribution in [0.25, 0.3) is 0 Å². The summed E-state index contributed by atoms with van der Waals surface area (Å²) in [6, 6.07) is 0. The van der Waals surface area contributed by atoms with E-state index in [1.165, 1.54) is 17.6 Å². The predicted octanol–water partition coefficient (Wildman–Crippen LogP) is -3.71. The molecule has 3 heteroatoms. The molecule has 0 unspecified atom stereocenters. The Morgan fingerprint density at radius 3 is 1.80 bits per heavy atom. The first-order valence-electron chi connectivity index (χ1n) is 2.63. The molecule has 0 N–H and O–H groups in total. The third-order valence-electron chi connectivity index (χ3n) is 1.47. The van der Waals surface area contributed by atoms with Gasteiger partial charge in [-0.25, -0.2) is 0 Å². The van der Waals surface area contributed by atoms with Crippen molar-refractivity contribution in [3.8, 4) is 0 Å². The maximum atomic E-state index is 2.20. The summed E-state index contributed by atoms with van der Waals surface area (Å²) in [4.78, 5) is 0. The van der Waals surface area contributed by atoms with E-state index < -0.39 is 0 Å². The molecule has 0 aromatic rings. The van der Waals surface area contributed by atoms with Gasteiger partial charge in [-0.05, 0) is 20.3 Å². The molecule has 0 heterocycles. The molecule has 56 valence electrons. The summed E-state index contributed by atoms with van der Waals surface area (Å²) in [5.41, 5.74) is 2.96. The van der Waals surface area contributed by atoms with Gasteiger partial charge in [-0.2, -0.15) is 0 Å². The van der Waals surface area contributed by atoms with Crippen LogP contribution in [0.2, 0.25) is 0 Å².